The molecule has 15 heavy (non-hydrogen) atoms. The van der Waals surface area contributed by atoms with Crippen molar-refractivity contribution in [3.8, 4) is 0 Å². The Labute approximate surface area is 98.6 Å². The monoisotopic (exact) mass is 266 g/mol. The summed E-state index contributed by atoms with van der Waals surface area (Å²) in [6.45, 7) is 1.07. The van der Waals surface area contributed by atoms with Crippen molar-refractivity contribution in [2.45, 2.75) is 31.2 Å². The Balaban J connectivity index is 1.93. The second-order valence-corrected chi connectivity index (χ2v) is 5.57. The fourth-order valence-corrected chi connectivity index (χ4v) is 3.08. The summed E-state index contributed by atoms with van der Waals surface area (Å²) in [5.41, 5.74) is 2.81. The van der Waals surface area contributed by atoms with E-state index < -0.39 is 0 Å². The van der Waals surface area contributed by atoms with Crippen LogP contribution < -0.4 is 10.6 Å². The first-order valence-electron chi connectivity index (χ1n) is 5.59. The molecule has 2 N–H and O–H groups in total. The van der Waals surface area contributed by atoms with Gasteiger partial charge in [0.15, 0.2) is 0 Å². The lowest BCUT2D eigenvalue weighted by Crippen LogP contribution is -2.45. The zero-order valence-corrected chi connectivity index (χ0v) is 10.2. The Morgan fingerprint density at radius 2 is 1.93 bits per heavy atom. The van der Waals surface area contributed by atoms with E-state index in [1.54, 1.807) is 0 Å². The zero-order valence-electron chi connectivity index (χ0n) is 8.65. The standard InChI is InChI=1S/C12H15BrN2/c13-9-3-4-10-11(7-9)14-8-12(15-10)5-1-2-6-12/h3-4,7,14-15H,1-2,5-6,8H2. The van der Waals surface area contributed by atoms with Crippen LogP contribution in [0.4, 0.5) is 11.4 Å². The molecule has 1 aromatic carbocycles. The summed E-state index contributed by atoms with van der Waals surface area (Å²) in [7, 11) is 0. The van der Waals surface area contributed by atoms with Gasteiger partial charge in [-0.2, -0.15) is 0 Å². The molecule has 3 heteroatoms. The molecule has 0 bridgehead atoms. The van der Waals surface area contributed by atoms with Gasteiger partial charge in [0.2, 0.25) is 0 Å². The summed E-state index contributed by atoms with van der Waals surface area (Å²) in [5.74, 6) is 0. The van der Waals surface area contributed by atoms with Gasteiger partial charge in [-0.15, -0.1) is 0 Å². The third kappa shape index (κ3) is 1.63. The second-order valence-electron chi connectivity index (χ2n) is 4.66. The second kappa shape index (κ2) is 3.41. The average molecular weight is 267 g/mol. The molecule has 0 saturated heterocycles. The van der Waals surface area contributed by atoms with E-state index in [4.69, 9.17) is 0 Å². The lowest BCUT2D eigenvalue weighted by Gasteiger charge is -2.37. The maximum absolute atomic E-state index is 3.72. The van der Waals surface area contributed by atoms with E-state index in [-0.39, 0.29) is 0 Å². The molecule has 2 aliphatic rings. The highest BCUT2D eigenvalue weighted by Gasteiger charge is 2.36. The largest absolute Gasteiger partial charge is 0.381 e. The highest BCUT2D eigenvalue weighted by Crippen LogP contribution is 2.39. The first-order valence-corrected chi connectivity index (χ1v) is 6.38. The Kier molecular flexibility index (Phi) is 2.16. The van der Waals surface area contributed by atoms with Crippen LogP contribution in [0.1, 0.15) is 25.7 Å². The minimum atomic E-state index is 0.334. The highest BCUT2D eigenvalue weighted by molar-refractivity contribution is 9.10. The molecule has 1 spiro atoms. The Bertz CT molecular complexity index is 383. The average Bonchev–Trinajstić information content (AvgIpc) is 2.67. The number of hydrogen-bond acceptors (Lipinski definition) is 2. The molecule has 1 fully saturated rings. The van der Waals surface area contributed by atoms with E-state index in [0.717, 1.165) is 11.0 Å². The molecule has 0 unspecified atom stereocenters. The summed E-state index contributed by atoms with van der Waals surface area (Å²) < 4.78 is 1.14. The molecule has 1 aromatic rings. The number of benzene rings is 1. The third-order valence-electron chi connectivity index (χ3n) is 3.56. The van der Waals surface area contributed by atoms with Crippen LogP contribution in [0.5, 0.6) is 0 Å². The number of fused-ring (bicyclic) bond motifs is 1. The van der Waals surface area contributed by atoms with E-state index in [1.165, 1.54) is 37.1 Å². The molecule has 1 aliphatic heterocycles. The molecule has 0 amide bonds. The predicted molar refractivity (Wildman–Crippen MR) is 67.5 cm³/mol. The van der Waals surface area contributed by atoms with Crippen molar-refractivity contribution < 1.29 is 0 Å². The van der Waals surface area contributed by atoms with Gasteiger partial charge < -0.3 is 10.6 Å². The lowest BCUT2D eigenvalue weighted by molar-refractivity contribution is 0.500. The van der Waals surface area contributed by atoms with Crippen molar-refractivity contribution in [2.75, 3.05) is 17.2 Å². The molecular weight excluding hydrogens is 252 g/mol. The Morgan fingerprint density at radius 1 is 1.13 bits per heavy atom. The van der Waals surface area contributed by atoms with Crippen molar-refractivity contribution in [2.24, 2.45) is 0 Å². The quantitative estimate of drug-likeness (QED) is 0.750. The third-order valence-corrected chi connectivity index (χ3v) is 4.05. The summed E-state index contributed by atoms with van der Waals surface area (Å²) in [5, 5.41) is 7.26. The molecule has 0 aromatic heterocycles. The van der Waals surface area contributed by atoms with Crippen LogP contribution in [0, 0.1) is 0 Å². The molecule has 1 aliphatic carbocycles. The van der Waals surface area contributed by atoms with Crippen LogP contribution in [0.3, 0.4) is 0 Å². The van der Waals surface area contributed by atoms with Crippen LogP contribution in [0.25, 0.3) is 0 Å². The fraction of sp³-hybridized carbons (Fsp3) is 0.500. The van der Waals surface area contributed by atoms with Crippen molar-refractivity contribution in [1.82, 2.24) is 0 Å². The smallest absolute Gasteiger partial charge is 0.0588 e. The van der Waals surface area contributed by atoms with Gasteiger partial charge in [0.1, 0.15) is 0 Å². The maximum Gasteiger partial charge on any atom is 0.0588 e. The van der Waals surface area contributed by atoms with Gasteiger partial charge in [0.25, 0.3) is 0 Å². The first-order chi connectivity index (χ1) is 7.27. The summed E-state index contributed by atoms with van der Waals surface area (Å²) >= 11 is 3.50. The van der Waals surface area contributed by atoms with Crippen LogP contribution in [-0.2, 0) is 0 Å². The molecule has 0 radical (unpaired) electrons. The normalized spacial score (nSPS) is 21.9. The zero-order chi connectivity index (χ0) is 10.3. The molecule has 1 heterocycles. The van der Waals surface area contributed by atoms with E-state index in [1.807, 2.05) is 0 Å². The highest BCUT2D eigenvalue weighted by atomic mass is 79.9. The van der Waals surface area contributed by atoms with E-state index in [2.05, 4.69) is 44.8 Å². The van der Waals surface area contributed by atoms with Gasteiger partial charge in [-0.05, 0) is 31.0 Å². The van der Waals surface area contributed by atoms with E-state index in [0.29, 0.717) is 5.54 Å². The van der Waals surface area contributed by atoms with E-state index in [9.17, 15) is 0 Å². The predicted octanol–water partition coefficient (Wildman–Crippen LogP) is 3.60. The van der Waals surface area contributed by atoms with Crippen LogP contribution >= 0.6 is 15.9 Å². The van der Waals surface area contributed by atoms with E-state index >= 15 is 0 Å². The molecule has 0 atom stereocenters. The van der Waals surface area contributed by atoms with Gasteiger partial charge in [-0.25, -0.2) is 0 Å². The number of rotatable bonds is 0. The maximum atomic E-state index is 3.72. The number of hydrogen-bond donors (Lipinski definition) is 2. The van der Waals surface area contributed by atoms with Crippen LogP contribution in [0.2, 0.25) is 0 Å². The number of halogens is 1. The molecular formula is C12H15BrN2. The Hall–Kier alpha value is -0.700. The Morgan fingerprint density at radius 3 is 2.73 bits per heavy atom. The summed E-state index contributed by atoms with van der Waals surface area (Å²) in [4.78, 5) is 0. The van der Waals surface area contributed by atoms with Crippen molar-refractivity contribution in [3.63, 3.8) is 0 Å². The van der Waals surface area contributed by atoms with Crippen LogP contribution in [0.15, 0.2) is 22.7 Å². The van der Waals surface area contributed by atoms with Gasteiger partial charge in [-0.1, -0.05) is 28.8 Å². The van der Waals surface area contributed by atoms with Crippen molar-refractivity contribution >= 4 is 27.3 Å². The minimum Gasteiger partial charge on any atom is -0.381 e. The SMILES string of the molecule is Brc1ccc2c(c1)NCC1(CCCC1)N2. The van der Waals surface area contributed by atoms with Gasteiger partial charge in [0.05, 0.1) is 16.9 Å². The lowest BCUT2D eigenvalue weighted by atomic mass is 9.94. The fourth-order valence-electron chi connectivity index (χ4n) is 2.72. The van der Waals surface area contributed by atoms with Crippen LogP contribution in [-0.4, -0.2) is 12.1 Å². The number of anilines is 2. The molecule has 80 valence electrons. The van der Waals surface area contributed by atoms with Gasteiger partial charge >= 0.3 is 0 Å². The van der Waals surface area contributed by atoms with Gasteiger partial charge in [-0.3, -0.25) is 0 Å². The summed E-state index contributed by atoms with van der Waals surface area (Å²) in [6, 6.07) is 6.40. The number of nitrogens with one attached hydrogen (secondary N) is 2. The van der Waals surface area contributed by atoms with Gasteiger partial charge in [0, 0.05) is 11.0 Å². The minimum absolute atomic E-state index is 0.334. The van der Waals surface area contributed by atoms with Crippen molar-refractivity contribution in [3.05, 3.63) is 22.7 Å². The first kappa shape index (κ1) is 9.52. The summed E-state index contributed by atoms with van der Waals surface area (Å²) in [6.07, 6.45) is 5.33. The molecule has 2 nitrogen and oxygen atoms in total. The molecule has 3 rings (SSSR count). The topological polar surface area (TPSA) is 24.1 Å². The van der Waals surface area contributed by atoms with Crippen molar-refractivity contribution in [1.29, 1.82) is 0 Å². The molecule has 1 saturated carbocycles.